The Hall–Kier alpha value is -1.41. The van der Waals surface area contributed by atoms with Crippen LogP contribution in [-0.4, -0.2) is 18.0 Å². The largest absolute Gasteiger partial charge is 0.367 e. The van der Waals surface area contributed by atoms with E-state index in [4.69, 9.17) is 4.74 Å². The van der Waals surface area contributed by atoms with Gasteiger partial charge in [-0.05, 0) is 26.2 Å². The molecular formula is C15H18O2. The van der Waals surface area contributed by atoms with Gasteiger partial charge in [-0.3, -0.25) is 4.79 Å². The fourth-order valence-corrected chi connectivity index (χ4v) is 2.04. The van der Waals surface area contributed by atoms with Crippen LogP contribution in [0.15, 0.2) is 42.5 Å². The van der Waals surface area contributed by atoms with Crippen LogP contribution in [0.25, 0.3) is 0 Å². The molecule has 1 heterocycles. The summed E-state index contributed by atoms with van der Waals surface area (Å²) in [6.45, 7) is 2.01. The Kier molecular flexibility index (Phi) is 4.10. The maximum atomic E-state index is 12.3. The minimum Gasteiger partial charge on any atom is -0.367 e. The summed E-state index contributed by atoms with van der Waals surface area (Å²) in [6, 6.07) is 9.40. The Labute approximate surface area is 102 Å². The summed E-state index contributed by atoms with van der Waals surface area (Å²) in [6.07, 6.45) is 6.67. The minimum absolute atomic E-state index is 0.104. The topological polar surface area (TPSA) is 26.3 Å². The van der Waals surface area contributed by atoms with E-state index in [1.165, 1.54) is 0 Å². The molecule has 0 bridgehead atoms. The highest BCUT2D eigenvalue weighted by Gasteiger charge is 2.22. The number of ketones is 1. The SMILES string of the molecule is C[C@@H]1C/C=C\CC[C@H](C(=O)c2ccccc2)O1. The molecule has 0 radical (unpaired) electrons. The zero-order chi connectivity index (χ0) is 12.1. The Morgan fingerprint density at radius 1 is 1.24 bits per heavy atom. The first kappa shape index (κ1) is 12.1. The van der Waals surface area contributed by atoms with Crippen LogP contribution < -0.4 is 0 Å². The molecule has 1 aliphatic heterocycles. The van der Waals surface area contributed by atoms with Crippen LogP contribution in [0, 0.1) is 0 Å². The molecule has 1 aromatic rings. The Balaban J connectivity index is 2.10. The summed E-state index contributed by atoms with van der Waals surface area (Å²) < 4.78 is 5.81. The molecule has 0 saturated heterocycles. The van der Waals surface area contributed by atoms with E-state index in [0.717, 1.165) is 24.8 Å². The number of carbonyl (C=O) groups is 1. The van der Waals surface area contributed by atoms with Gasteiger partial charge in [-0.15, -0.1) is 0 Å². The van der Waals surface area contributed by atoms with Crippen molar-refractivity contribution in [3.8, 4) is 0 Å². The van der Waals surface area contributed by atoms with Gasteiger partial charge in [0.15, 0.2) is 5.78 Å². The van der Waals surface area contributed by atoms with E-state index < -0.39 is 0 Å². The molecule has 2 nitrogen and oxygen atoms in total. The molecule has 2 rings (SSSR count). The van der Waals surface area contributed by atoms with Gasteiger partial charge in [0, 0.05) is 5.56 Å². The smallest absolute Gasteiger partial charge is 0.191 e. The second-order valence-electron chi connectivity index (χ2n) is 4.45. The highest BCUT2D eigenvalue weighted by Crippen LogP contribution is 2.17. The third kappa shape index (κ3) is 3.27. The van der Waals surface area contributed by atoms with Crippen LogP contribution in [0.5, 0.6) is 0 Å². The summed E-state index contributed by atoms with van der Waals surface area (Å²) in [5, 5.41) is 0. The summed E-state index contributed by atoms with van der Waals surface area (Å²) in [4.78, 5) is 12.3. The van der Waals surface area contributed by atoms with Crippen molar-refractivity contribution in [2.45, 2.75) is 38.4 Å². The Morgan fingerprint density at radius 2 is 2.00 bits per heavy atom. The van der Waals surface area contributed by atoms with E-state index in [-0.39, 0.29) is 18.0 Å². The van der Waals surface area contributed by atoms with E-state index in [1.54, 1.807) is 0 Å². The van der Waals surface area contributed by atoms with Gasteiger partial charge in [0.1, 0.15) is 6.10 Å². The molecule has 0 fully saturated rings. The molecule has 90 valence electrons. The van der Waals surface area contributed by atoms with Crippen molar-refractivity contribution in [1.82, 2.24) is 0 Å². The molecule has 17 heavy (non-hydrogen) atoms. The standard InChI is InChI=1S/C15H18O2/c1-12-8-4-2-7-11-14(17-12)15(16)13-9-5-3-6-10-13/h2-6,9-10,12,14H,7-8,11H2,1H3/b4-2-/t12-,14-/m1/s1. The van der Waals surface area contributed by atoms with Crippen molar-refractivity contribution in [2.75, 3.05) is 0 Å². The lowest BCUT2D eigenvalue weighted by Crippen LogP contribution is -2.29. The zero-order valence-corrected chi connectivity index (χ0v) is 10.1. The number of benzene rings is 1. The van der Waals surface area contributed by atoms with Gasteiger partial charge in [-0.2, -0.15) is 0 Å². The molecular weight excluding hydrogens is 212 g/mol. The quantitative estimate of drug-likeness (QED) is 0.575. The van der Waals surface area contributed by atoms with Gasteiger partial charge in [0.25, 0.3) is 0 Å². The third-order valence-electron chi connectivity index (χ3n) is 2.98. The van der Waals surface area contributed by atoms with E-state index in [2.05, 4.69) is 12.2 Å². The Morgan fingerprint density at radius 3 is 2.76 bits per heavy atom. The normalized spacial score (nSPS) is 26.9. The first-order valence-corrected chi connectivity index (χ1v) is 6.17. The predicted molar refractivity (Wildman–Crippen MR) is 68.1 cm³/mol. The lowest BCUT2D eigenvalue weighted by Gasteiger charge is -2.22. The first-order chi connectivity index (χ1) is 8.27. The second-order valence-corrected chi connectivity index (χ2v) is 4.45. The number of rotatable bonds is 2. The lowest BCUT2D eigenvalue weighted by atomic mass is 10.0. The Bertz CT molecular complexity index is 395. The number of hydrogen-bond acceptors (Lipinski definition) is 2. The number of Topliss-reactive ketones (excluding diaryl/α,β-unsaturated/α-hetero) is 1. The van der Waals surface area contributed by atoms with Crippen molar-refractivity contribution in [3.05, 3.63) is 48.0 Å². The van der Waals surface area contributed by atoms with Crippen LogP contribution in [0.4, 0.5) is 0 Å². The van der Waals surface area contributed by atoms with Crippen molar-refractivity contribution >= 4 is 5.78 Å². The fraction of sp³-hybridized carbons (Fsp3) is 0.400. The average Bonchev–Trinajstić information content (AvgIpc) is 2.34. The van der Waals surface area contributed by atoms with E-state index in [1.807, 2.05) is 37.3 Å². The number of carbonyl (C=O) groups excluding carboxylic acids is 1. The summed E-state index contributed by atoms with van der Waals surface area (Å²) >= 11 is 0. The number of allylic oxidation sites excluding steroid dienone is 1. The van der Waals surface area contributed by atoms with Gasteiger partial charge < -0.3 is 4.74 Å². The first-order valence-electron chi connectivity index (χ1n) is 6.17. The highest BCUT2D eigenvalue weighted by atomic mass is 16.5. The maximum absolute atomic E-state index is 12.3. The van der Waals surface area contributed by atoms with Gasteiger partial charge in [0.05, 0.1) is 6.10 Å². The lowest BCUT2D eigenvalue weighted by molar-refractivity contribution is 0.00171. The average molecular weight is 230 g/mol. The van der Waals surface area contributed by atoms with Gasteiger partial charge in [-0.1, -0.05) is 42.5 Å². The predicted octanol–water partition coefficient (Wildman–Crippen LogP) is 3.38. The van der Waals surface area contributed by atoms with E-state index >= 15 is 0 Å². The molecule has 0 N–H and O–H groups in total. The van der Waals surface area contributed by atoms with Gasteiger partial charge in [-0.25, -0.2) is 0 Å². The van der Waals surface area contributed by atoms with Crippen LogP contribution in [0.3, 0.4) is 0 Å². The van der Waals surface area contributed by atoms with Crippen molar-refractivity contribution < 1.29 is 9.53 Å². The molecule has 0 amide bonds. The molecule has 1 aromatic carbocycles. The van der Waals surface area contributed by atoms with Crippen LogP contribution in [0.1, 0.15) is 36.5 Å². The molecule has 0 unspecified atom stereocenters. The maximum Gasteiger partial charge on any atom is 0.191 e. The van der Waals surface area contributed by atoms with E-state index in [0.29, 0.717) is 0 Å². The van der Waals surface area contributed by atoms with Crippen LogP contribution in [-0.2, 0) is 4.74 Å². The van der Waals surface area contributed by atoms with Crippen molar-refractivity contribution in [1.29, 1.82) is 0 Å². The molecule has 1 aliphatic rings. The molecule has 0 saturated carbocycles. The monoisotopic (exact) mass is 230 g/mol. The highest BCUT2D eigenvalue weighted by molar-refractivity contribution is 5.99. The van der Waals surface area contributed by atoms with Gasteiger partial charge in [0.2, 0.25) is 0 Å². The molecule has 0 aliphatic carbocycles. The molecule has 0 aromatic heterocycles. The molecule has 0 spiro atoms. The third-order valence-corrected chi connectivity index (χ3v) is 2.98. The second kappa shape index (κ2) is 5.78. The summed E-state index contributed by atoms with van der Waals surface area (Å²) in [5.74, 6) is 0.104. The molecule has 2 atom stereocenters. The van der Waals surface area contributed by atoms with Gasteiger partial charge >= 0.3 is 0 Å². The van der Waals surface area contributed by atoms with Crippen LogP contribution >= 0.6 is 0 Å². The zero-order valence-electron chi connectivity index (χ0n) is 10.1. The molecule has 2 heteroatoms. The number of hydrogen-bond donors (Lipinski definition) is 0. The number of ether oxygens (including phenoxy) is 1. The summed E-state index contributed by atoms with van der Waals surface area (Å²) in [5.41, 5.74) is 0.745. The van der Waals surface area contributed by atoms with Crippen molar-refractivity contribution in [3.63, 3.8) is 0 Å². The fourth-order valence-electron chi connectivity index (χ4n) is 2.04. The van der Waals surface area contributed by atoms with E-state index in [9.17, 15) is 4.79 Å². The summed E-state index contributed by atoms with van der Waals surface area (Å²) in [7, 11) is 0. The minimum atomic E-state index is -0.294. The van der Waals surface area contributed by atoms with Crippen LogP contribution in [0.2, 0.25) is 0 Å². The van der Waals surface area contributed by atoms with Crippen molar-refractivity contribution in [2.24, 2.45) is 0 Å².